The van der Waals surface area contributed by atoms with Crippen molar-refractivity contribution in [2.75, 3.05) is 13.6 Å². The van der Waals surface area contributed by atoms with Gasteiger partial charge in [-0.05, 0) is 44.4 Å². The molecule has 126 valence electrons. The van der Waals surface area contributed by atoms with E-state index in [1.807, 2.05) is 26.4 Å². The molecule has 4 nitrogen and oxygen atoms in total. The molecule has 3 aromatic rings. The van der Waals surface area contributed by atoms with Crippen molar-refractivity contribution in [1.82, 2.24) is 14.9 Å². The Balaban J connectivity index is 1.85. The standard InChI is InChI=1S/C19H23N3OS/c1-11-6-7-12(2)17-16(11)13(3)18(21-17)19(23)22(5)9-8-15-14(4)20-10-24-15/h6-7,10,21H,8-9H2,1-5H3. The summed E-state index contributed by atoms with van der Waals surface area (Å²) in [4.78, 5) is 23.5. The molecule has 0 bridgehead atoms. The number of aromatic amines is 1. The number of hydrogen-bond donors (Lipinski definition) is 1. The average Bonchev–Trinajstić information content (AvgIpc) is 3.12. The number of thiazole rings is 1. The zero-order chi connectivity index (χ0) is 17.4. The number of H-pyrrole nitrogens is 1. The predicted octanol–water partition coefficient (Wildman–Crippen LogP) is 4.17. The number of nitrogens with zero attached hydrogens (tertiary/aromatic N) is 2. The number of hydrogen-bond acceptors (Lipinski definition) is 3. The first-order valence-corrected chi connectivity index (χ1v) is 9.01. The van der Waals surface area contributed by atoms with Crippen molar-refractivity contribution in [2.24, 2.45) is 0 Å². The largest absolute Gasteiger partial charge is 0.350 e. The van der Waals surface area contributed by atoms with Gasteiger partial charge in [0.05, 0.1) is 11.2 Å². The molecular formula is C19H23N3OS. The molecule has 1 amide bonds. The molecule has 5 heteroatoms. The fourth-order valence-corrected chi connectivity index (χ4v) is 3.91. The van der Waals surface area contributed by atoms with Crippen molar-refractivity contribution in [1.29, 1.82) is 0 Å². The van der Waals surface area contributed by atoms with Gasteiger partial charge in [-0.25, -0.2) is 4.98 Å². The number of rotatable bonds is 4. The molecule has 3 rings (SSSR count). The highest BCUT2D eigenvalue weighted by Gasteiger charge is 2.20. The lowest BCUT2D eigenvalue weighted by molar-refractivity contribution is 0.0791. The van der Waals surface area contributed by atoms with Crippen LogP contribution in [0.15, 0.2) is 17.6 Å². The lowest BCUT2D eigenvalue weighted by atomic mass is 10.0. The molecule has 0 aliphatic heterocycles. The first-order chi connectivity index (χ1) is 11.4. The number of carbonyl (C=O) groups excluding carboxylic acids is 1. The van der Waals surface area contributed by atoms with Gasteiger partial charge < -0.3 is 9.88 Å². The van der Waals surface area contributed by atoms with Crippen LogP contribution in [0.1, 0.15) is 37.7 Å². The number of aromatic nitrogens is 2. The van der Waals surface area contributed by atoms with Crippen LogP contribution >= 0.6 is 11.3 Å². The summed E-state index contributed by atoms with van der Waals surface area (Å²) < 4.78 is 0. The number of aryl methyl sites for hydroxylation is 4. The first-order valence-electron chi connectivity index (χ1n) is 8.13. The third kappa shape index (κ3) is 2.84. The van der Waals surface area contributed by atoms with Crippen molar-refractivity contribution in [3.05, 3.63) is 50.6 Å². The molecule has 1 aromatic carbocycles. The summed E-state index contributed by atoms with van der Waals surface area (Å²) in [5, 5.41) is 1.17. The first kappa shape index (κ1) is 16.7. The normalized spacial score (nSPS) is 11.2. The summed E-state index contributed by atoms with van der Waals surface area (Å²) in [6.07, 6.45) is 0.843. The summed E-state index contributed by atoms with van der Waals surface area (Å²) in [6.45, 7) is 8.89. The predicted molar refractivity (Wildman–Crippen MR) is 100 cm³/mol. The number of carbonyl (C=O) groups is 1. The SMILES string of the molecule is Cc1ncsc1CCN(C)C(=O)c1[nH]c2c(C)ccc(C)c2c1C. The van der Waals surface area contributed by atoms with Gasteiger partial charge in [0.25, 0.3) is 5.91 Å². The lowest BCUT2D eigenvalue weighted by Crippen LogP contribution is -2.29. The van der Waals surface area contributed by atoms with Crippen molar-refractivity contribution in [2.45, 2.75) is 34.1 Å². The van der Waals surface area contributed by atoms with Gasteiger partial charge in [0.2, 0.25) is 0 Å². The van der Waals surface area contributed by atoms with Gasteiger partial charge in [0, 0.05) is 35.8 Å². The van der Waals surface area contributed by atoms with Gasteiger partial charge in [0.1, 0.15) is 5.69 Å². The van der Waals surface area contributed by atoms with E-state index < -0.39 is 0 Å². The quantitative estimate of drug-likeness (QED) is 0.774. The van der Waals surface area contributed by atoms with Gasteiger partial charge in [-0.3, -0.25) is 4.79 Å². The summed E-state index contributed by atoms with van der Waals surface area (Å²) in [5.74, 6) is 0.0460. The molecule has 0 spiro atoms. The smallest absolute Gasteiger partial charge is 0.270 e. The Morgan fingerprint density at radius 3 is 2.54 bits per heavy atom. The summed E-state index contributed by atoms with van der Waals surface area (Å²) in [5.41, 5.74) is 8.10. The lowest BCUT2D eigenvalue weighted by Gasteiger charge is -2.16. The van der Waals surface area contributed by atoms with Crippen molar-refractivity contribution >= 4 is 28.1 Å². The second-order valence-corrected chi connectivity index (χ2v) is 7.35. The maximum absolute atomic E-state index is 12.9. The summed E-state index contributed by atoms with van der Waals surface area (Å²) in [6, 6.07) is 4.21. The number of fused-ring (bicyclic) bond motifs is 1. The summed E-state index contributed by atoms with van der Waals surface area (Å²) in [7, 11) is 1.86. The Labute approximate surface area is 146 Å². The van der Waals surface area contributed by atoms with E-state index in [4.69, 9.17) is 0 Å². The van der Waals surface area contributed by atoms with Crippen molar-refractivity contribution in [3.8, 4) is 0 Å². The third-order valence-electron chi connectivity index (χ3n) is 4.70. The molecule has 24 heavy (non-hydrogen) atoms. The number of nitrogens with one attached hydrogen (secondary N) is 1. The molecule has 2 heterocycles. The maximum Gasteiger partial charge on any atom is 0.270 e. The van der Waals surface area contributed by atoms with E-state index in [9.17, 15) is 4.79 Å². The van der Waals surface area contributed by atoms with Crippen molar-refractivity contribution < 1.29 is 4.79 Å². The molecule has 0 radical (unpaired) electrons. The van der Waals surface area contributed by atoms with E-state index in [0.29, 0.717) is 12.2 Å². The minimum absolute atomic E-state index is 0.0460. The average molecular weight is 341 g/mol. The van der Waals surface area contributed by atoms with Crippen LogP contribution in [-0.2, 0) is 6.42 Å². The van der Waals surface area contributed by atoms with Crippen LogP contribution in [0.2, 0.25) is 0 Å². The van der Waals surface area contributed by atoms with Crippen LogP contribution in [0.5, 0.6) is 0 Å². The summed E-state index contributed by atoms with van der Waals surface area (Å²) >= 11 is 1.65. The van der Waals surface area contributed by atoms with E-state index in [1.165, 1.54) is 21.4 Å². The van der Waals surface area contributed by atoms with Crippen LogP contribution in [0.3, 0.4) is 0 Å². The van der Waals surface area contributed by atoms with Gasteiger partial charge in [-0.1, -0.05) is 12.1 Å². The molecular weight excluding hydrogens is 318 g/mol. The highest BCUT2D eigenvalue weighted by molar-refractivity contribution is 7.09. The van der Waals surface area contributed by atoms with Gasteiger partial charge in [-0.2, -0.15) is 0 Å². The van der Waals surface area contributed by atoms with Crippen molar-refractivity contribution in [3.63, 3.8) is 0 Å². The molecule has 0 fully saturated rings. The van der Waals surface area contributed by atoms with E-state index >= 15 is 0 Å². The van der Waals surface area contributed by atoms with E-state index in [1.54, 1.807) is 16.2 Å². The Kier molecular flexibility index (Phi) is 4.45. The minimum Gasteiger partial charge on any atom is -0.350 e. The topological polar surface area (TPSA) is 49.0 Å². The number of benzene rings is 1. The zero-order valence-electron chi connectivity index (χ0n) is 14.9. The van der Waals surface area contributed by atoms with Crippen LogP contribution in [0.4, 0.5) is 0 Å². The Morgan fingerprint density at radius 1 is 1.21 bits per heavy atom. The Morgan fingerprint density at radius 2 is 1.92 bits per heavy atom. The van der Waals surface area contributed by atoms with Gasteiger partial charge >= 0.3 is 0 Å². The van der Waals surface area contributed by atoms with E-state index in [0.717, 1.165) is 23.2 Å². The van der Waals surface area contributed by atoms with Gasteiger partial charge in [0.15, 0.2) is 0 Å². The van der Waals surface area contributed by atoms with Crippen LogP contribution < -0.4 is 0 Å². The minimum atomic E-state index is 0.0460. The molecule has 2 aromatic heterocycles. The van der Waals surface area contributed by atoms with E-state index in [-0.39, 0.29) is 5.91 Å². The zero-order valence-corrected chi connectivity index (χ0v) is 15.7. The maximum atomic E-state index is 12.9. The van der Waals surface area contributed by atoms with Crippen LogP contribution in [-0.4, -0.2) is 34.4 Å². The molecule has 0 unspecified atom stereocenters. The van der Waals surface area contributed by atoms with Crippen LogP contribution in [0, 0.1) is 27.7 Å². The monoisotopic (exact) mass is 341 g/mol. The third-order valence-corrected chi connectivity index (χ3v) is 5.70. The highest BCUT2D eigenvalue weighted by Crippen LogP contribution is 2.28. The Bertz CT molecular complexity index is 907. The molecule has 0 saturated carbocycles. The highest BCUT2D eigenvalue weighted by atomic mass is 32.1. The fraction of sp³-hybridized carbons (Fsp3) is 0.368. The van der Waals surface area contributed by atoms with Crippen LogP contribution in [0.25, 0.3) is 10.9 Å². The Hall–Kier alpha value is -2.14. The molecule has 0 atom stereocenters. The fourth-order valence-electron chi connectivity index (χ4n) is 3.14. The second kappa shape index (κ2) is 6.40. The second-order valence-electron chi connectivity index (χ2n) is 6.41. The molecule has 0 aliphatic rings. The van der Waals surface area contributed by atoms with E-state index in [2.05, 4.69) is 35.9 Å². The number of amides is 1. The van der Waals surface area contributed by atoms with Gasteiger partial charge in [-0.15, -0.1) is 11.3 Å². The number of likely N-dealkylation sites (N-methyl/N-ethyl adjacent to an activating group) is 1. The molecule has 0 aliphatic carbocycles. The molecule has 1 N–H and O–H groups in total. The molecule has 0 saturated heterocycles.